The van der Waals surface area contributed by atoms with Crippen molar-refractivity contribution in [1.82, 2.24) is 4.57 Å². The first-order valence-corrected chi connectivity index (χ1v) is 10.5. The fraction of sp³-hybridized carbons (Fsp3) is 0.235. The highest BCUT2D eigenvalue weighted by atomic mass is 79.9. The topological polar surface area (TPSA) is 60.7 Å². The lowest BCUT2D eigenvalue weighted by molar-refractivity contribution is -0.143. The van der Waals surface area contributed by atoms with Crippen molar-refractivity contribution in [2.75, 3.05) is 6.61 Å². The number of carbonyl (C=O) groups excluding carboxylic acids is 2. The zero-order valence-corrected chi connectivity index (χ0v) is 17.9. The normalized spacial score (nSPS) is 11.9. The first-order chi connectivity index (χ1) is 12.4. The molecule has 26 heavy (non-hydrogen) atoms. The Labute approximate surface area is 171 Å². The molecule has 0 saturated heterocycles. The van der Waals surface area contributed by atoms with Crippen LogP contribution in [0, 0.1) is 6.92 Å². The Morgan fingerprint density at radius 3 is 2.69 bits per heavy atom. The van der Waals surface area contributed by atoms with Crippen molar-refractivity contribution in [1.29, 1.82) is 0 Å². The first-order valence-electron chi connectivity index (χ1n) is 7.69. The molecule has 0 bridgehead atoms. The summed E-state index contributed by atoms with van der Waals surface area (Å²) >= 11 is 12.2. The number of thiophene rings is 1. The number of thiazole rings is 1. The van der Waals surface area contributed by atoms with Gasteiger partial charge in [0, 0.05) is 5.02 Å². The number of benzene rings is 1. The maximum absolute atomic E-state index is 12.5. The van der Waals surface area contributed by atoms with Gasteiger partial charge in [0.1, 0.15) is 6.54 Å². The van der Waals surface area contributed by atoms with Gasteiger partial charge in [0.25, 0.3) is 5.91 Å². The molecule has 5 nitrogen and oxygen atoms in total. The third kappa shape index (κ3) is 3.93. The molecule has 3 aromatic rings. The molecule has 0 saturated carbocycles. The molecule has 0 atom stereocenters. The molecule has 2 aromatic heterocycles. The predicted octanol–water partition coefficient (Wildman–Crippen LogP) is 4.79. The van der Waals surface area contributed by atoms with E-state index in [0.717, 1.165) is 19.6 Å². The van der Waals surface area contributed by atoms with Crippen LogP contribution in [-0.2, 0) is 16.1 Å². The number of amides is 1. The second-order valence-corrected chi connectivity index (χ2v) is 9.19. The SMILES string of the molecule is CCOC(=O)Cn1c(=NC(=O)c2ccc(Br)s2)sc2ccc(Cl)c(C)c21. The van der Waals surface area contributed by atoms with E-state index in [4.69, 9.17) is 16.3 Å². The Morgan fingerprint density at radius 1 is 1.27 bits per heavy atom. The van der Waals surface area contributed by atoms with Crippen molar-refractivity contribution in [2.24, 2.45) is 4.99 Å². The smallest absolute Gasteiger partial charge is 0.326 e. The number of ether oxygens (including phenoxy) is 1. The minimum Gasteiger partial charge on any atom is -0.465 e. The Hall–Kier alpha value is -1.48. The van der Waals surface area contributed by atoms with Gasteiger partial charge >= 0.3 is 5.97 Å². The lowest BCUT2D eigenvalue weighted by Crippen LogP contribution is -2.23. The Kier molecular flexibility index (Phi) is 5.96. The zero-order chi connectivity index (χ0) is 18.8. The molecule has 0 aliphatic heterocycles. The Balaban J connectivity index is 2.17. The third-order valence-corrected chi connectivity index (χ3v) is 6.67. The lowest BCUT2D eigenvalue weighted by atomic mass is 10.2. The fourth-order valence-corrected chi connectivity index (χ4v) is 4.96. The molecule has 3 rings (SSSR count). The highest BCUT2D eigenvalue weighted by molar-refractivity contribution is 9.11. The van der Waals surface area contributed by atoms with Gasteiger partial charge in [0.05, 0.1) is 25.5 Å². The largest absolute Gasteiger partial charge is 0.465 e. The molecule has 0 fully saturated rings. The van der Waals surface area contributed by atoms with Crippen LogP contribution >= 0.6 is 50.2 Å². The molecule has 0 spiro atoms. The molecule has 1 amide bonds. The summed E-state index contributed by atoms with van der Waals surface area (Å²) in [4.78, 5) is 29.8. The summed E-state index contributed by atoms with van der Waals surface area (Å²) in [5.41, 5.74) is 1.62. The Morgan fingerprint density at radius 2 is 2.04 bits per heavy atom. The second kappa shape index (κ2) is 8.04. The summed E-state index contributed by atoms with van der Waals surface area (Å²) in [5, 5.41) is 0.591. The van der Waals surface area contributed by atoms with Crippen molar-refractivity contribution < 1.29 is 14.3 Å². The molecule has 2 heterocycles. The summed E-state index contributed by atoms with van der Waals surface area (Å²) in [5.74, 6) is -0.743. The van der Waals surface area contributed by atoms with E-state index < -0.39 is 0 Å². The third-order valence-electron chi connectivity index (χ3n) is 3.60. The number of nitrogens with zero attached hydrogens (tertiary/aromatic N) is 2. The van der Waals surface area contributed by atoms with Crippen LogP contribution in [0.4, 0.5) is 0 Å². The highest BCUT2D eigenvalue weighted by Gasteiger charge is 2.16. The molecule has 0 unspecified atom stereocenters. The first kappa shape index (κ1) is 19.3. The van der Waals surface area contributed by atoms with Crippen molar-refractivity contribution in [2.45, 2.75) is 20.4 Å². The summed E-state index contributed by atoms with van der Waals surface area (Å²) in [6.07, 6.45) is 0. The van der Waals surface area contributed by atoms with E-state index in [1.165, 1.54) is 22.7 Å². The van der Waals surface area contributed by atoms with Crippen LogP contribution in [0.25, 0.3) is 10.2 Å². The van der Waals surface area contributed by atoms with E-state index in [1.54, 1.807) is 29.7 Å². The number of rotatable bonds is 4. The van der Waals surface area contributed by atoms with Gasteiger partial charge in [0.15, 0.2) is 4.80 Å². The van der Waals surface area contributed by atoms with Crippen molar-refractivity contribution in [3.8, 4) is 0 Å². The monoisotopic (exact) mass is 472 g/mol. The van der Waals surface area contributed by atoms with Gasteiger partial charge in [-0.2, -0.15) is 4.99 Å². The molecular weight excluding hydrogens is 460 g/mol. The Bertz CT molecular complexity index is 1070. The number of hydrogen-bond donors (Lipinski definition) is 0. The van der Waals surface area contributed by atoms with Crippen molar-refractivity contribution in [3.63, 3.8) is 0 Å². The van der Waals surface area contributed by atoms with Crippen LogP contribution in [-0.4, -0.2) is 23.1 Å². The van der Waals surface area contributed by atoms with Gasteiger partial charge in [-0.3, -0.25) is 9.59 Å². The van der Waals surface area contributed by atoms with E-state index in [-0.39, 0.29) is 25.0 Å². The standard InChI is InChI=1S/C17H14BrClN2O3S2/c1-3-24-14(22)8-21-15-9(2)10(19)4-5-11(15)26-17(21)20-16(23)12-6-7-13(18)25-12/h4-7H,3,8H2,1-2H3. The van der Waals surface area contributed by atoms with E-state index in [1.807, 2.05) is 13.0 Å². The number of aromatic nitrogens is 1. The molecule has 0 aliphatic carbocycles. The quantitative estimate of drug-likeness (QED) is 0.512. The van der Waals surface area contributed by atoms with Gasteiger partial charge in [0.2, 0.25) is 0 Å². The van der Waals surface area contributed by atoms with Gasteiger partial charge in [-0.05, 0) is 59.6 Å². The predicted molar refractivity (Wildman–Crippen MR) is 108 cm³/mol. The average Bonchev–Trinajstić information content (AvgIpc) is 3.16. The number of carbonyl (C=O) groups is 2. The number of hydrogen-bond acceptors (Lipinski definition) is 5. The van der Waals surface area contributed by atoms with Gasteiger partial charge in [-0.15, -0.1) is 11.3 Å². The number of fused-ring (bicyclic) bond motifs is 1. The van der Waals surface area contributed by atoms with Crippen LogP contribution in [0.15, 0.2) is 33.0 Å². The maximum Gasteiger partial charge on any atom is 0.326 e. The van der Waals surface area contributed by atoms with Crippen molar-refractivity contribution >= 4 is 72.3 Å². The fourth-order valence-electron chi connectivity index (χ4n) is 2.45. The minimum absolute atomic E-state index is 0.0325. The van der Waals surface area contributed by atoms with Crippen LogP contribution < -0.4 is 4.80 Å². The van der Waals surface area contributed by atoms with Crippen LogP contribution in [0.1, 0.15) is 22.2 Å². The highest BCUT2D eigenvalue weighted by Crippen LogP contribution is 2.27. The van der Waals surface area contributed by atoms with Gasteiger partial charge in [-0.1, -0.05) is 22.9 Å². The molecule has 0 aliphatic rings. The summed E-state index contributed by atoms with van der Waals surface area (Å²) in [6.45, 7) is 3.88. The van der Waals surface area contributed by atoms with Crippen molar-refractivity contribution in [3.05, 3.63) is 48.3 Å². The number of halogens is 2. The van der Waals surface area contributed by atoms with Crippen LogP contribution in [0.2, 0.25) is 5.02 Å². The van der Waals surface area contributed by atoms with Crippen LogP contribution in [0.3, 0.4) is 0 Å². The summed E-state index contributed by atoms with van der Waals surface area (Å²) < 4.78 is 8.51. The van der Waals surface area contributed by atoms with E-state index in [9.17, 15) is 9.59 Å². The second-order valence-electron chi connectivity index (χ2n) is 5.32. The molecular formula is C17H14BrClN2O3S2. The van der Waals surface area contributed by atoms with E-state index >= 15 is 0 Å². The van der Waals surface area contributed by atoms with E-state index in [0.29, 0.717) is 14.7 Å². The minimum atomic E-state index is -0.389. The van der Waals surface area contributed by atoms with E-state index in [2.05, 4.69) is 20.9 Å². The molecule has 136 valence electrons. The summed E-state index contributed by atoms with van der Waals surface area (Å²) in [7, 11) is 0. The number of esters is 1. The molecule has 1 aromatic carbocycles. The molecule has 0 radical (unpaired) electrons. The number of aryl methyl sites for hydroxylation is 1. The van der Waals surface area contributed by atoms with Gasteiger partial charge < -0.3 is 9.30 Å². The summed E-state index contributed by atoms with van der Waals surface area (Å²) in [6, 6.07) is 7.18. The molecule has 9 heteroatoms. The van der Waals surface area contributed by atoms with Crippen LogP contribution in [0.5, 0.6) is 0 Å². The average molecular weight is 474 g/mol. The molecule has 0 N–H and O–H groups in total. The lowest BCUT2D eigenvalue weighted by Gasteiger charge is -2.07. The maximum atomic E-state index is 12.5. The zero-order valence-electron chi connectivity index (χ0n) is 13.9. The van der Waals surface area contributed by atoms with Gasteiger partial charge in [-0.25, -0.2) is 0 Å².